The number of nitrogens with two attached hydrogens (primary N) is 1. The minimum absolute atomic E-state index is 0.431. The molecule has 0 aliphatic rings. The van der Waals surface area contributed by atoms with E-state index in [1.807, 2.05) is 19.1 Å². The molecule has 2 heterocycles. The molecule has 3 aromatic rings. The van der Waals surface area contributed by atoms with E-state index in [9.17, 15) is 5.11 Å². The van der Waals surface area contributed by atoms with Crippen molar-refractivity contribution >= 4 is 27.6 Å². The molecule has 21 heavy (non-hydrogen) atoms. The molecule has 0 aliphatic carbocycles. The van der Waals surface area contributed by atoms with Crippen molar-refractivity contribution in [2.75, 3.05) is 5.73 Å². The SMILES string of the molecule is Cc1ccc2c(c1)nc(N)c1nccc(CC(C)(C)O)c12. The minimum Gasteiger partial charge on any atom is -0.390 e. The second-order valence-corrected chi connectivity index (χ2v) is 6.20. The Balaban J connectivity index is 2.42. The molecule has 2 aromatic heterocycles. The number of nitrogen functional groups attached to an aromatic ring is 1. The van der Waals surface area contributed by atoms with Gasteiger partial charge in [-0.15, -0.1) is 0 Å². The fraction of sp³-hybridized carbons (Fsp3) is 0.294. The molecule has 0 saturated carbocycles. The number of hydrogen-bond acceptors (Lipinski definition) is 4. The number of rotatable bonds is 2. The number of fused-ring (bicyclic) bond motifs is 3. The molecule has 0 unspecified atom stereocenters. The van der Waals surface area contributed by atoms with E-state index in [1.165, 1.54) is 0 Å². The highest BCUT2D eigenvalue weighted by molar-refractivity contribution is 6.09. The van der Waals surface area contributed by atoms with Crippen LogP contribution in [0.1, 0.15) is 25.0 Å². The van der Waals surface area contributed by atoms with Gasteiger partial charge in [-0.05, 0) is 44.0 Å². The second kappa shape index (κ2) is 4.67. The van der Waals surface area contributed by atoms with Crippen molar-refractivity contribution in [3.63, 3.8) is 0 Å². The zero-order chi connectivity index (χ0) is 15.2. The Bertz CT molecular complexity index is 835. The smallest absolute Gasteiger partial charge is 0.150 e. The highest BCUT2D eigenvalue weighted by Gasteiger charge is 2.18. The lowest BCUT2D eigenvalue weighted by Gasteiger charge is -2.19. The van der Waals surface area contributed by atoms with Crippen molar-refractivity contribution in [2.45, 2.75) is 32.8 Å². The summed E-state index contributed by atoms with van der Waals surface area (Å²) >= 11 is 0. The standard InChI is InChI=1S/C17H19N3O/c1-10-4-5-12-13(8-10)20-16(18)15-14(12)11(6-7-19-15)9-17(2,3)21/h4-8,21H,9H2,1-3H3,(H2,18,20). The summed E-state index contributed by atoms with van der Waals surface area (Å²) in [6, 6.07) is 8.07. The Kier molecular flexibility index (Phi) is 3.06. The summed E-state index contributed by atoms with van der Waals surface area (Å²) in [6.45, 7) is 5.63. The molecule has 0 amide bonds. The van der Waals surface area contributed by atoms with E-state index in [-0.39, 0.29) is 0 Å². The first-order valence-electron chi connectivity index (χ1n) is 7.01. The normalized spacial score (nSPS) is 12.2. The number of aliphatic hydroxyl groups is 1. The fourth-order valence-electron chi connectivity index (χ4n) is 2.74. The summed E-state index contributed by atoms with van der Waals surface area (Å²) in [6.07, 6.45) is 2.26. The summed E-state index contributed by atoms with van der Waals surface area (Å²) in [5.74, 6) is 0.431. The largest absolute Gasteiger partial charge is 0.390 e. The lowest BCUT2D eigenvalue weighted by Crippen LogP contribution is -2.22. The van der Waals surface area contributed by atoms with Crippen molar-refractivity contribution in [3.8, 4) is 0 Å². The van der Waals surface area contributed by atoms with Crippen molar-refractivity contribution < 1.29 is 5.11 Å². The fourth-order valence-corrected chi connectivity index (χ4v) is 2.74. The van der Waals surface area contributed by atoms with Gasteiger partial charge in [-0.25, -0.2) is 4.98 Å². The third-order valence-corrected chi connectivity index (χ3v) is 3.57. The first-order valence-corrected chi connectivity index (χ1v) is 7.01. The predicted octanol–water partition coefficient (Wildman–Crippen LogP) is 2.99. The zero-order valence-electron chi connectivity index (χ0n) is 12.5. The highest BCUT2D eigenvalue weighted by Crippen LogP contribution is 2.31. The van der Waals surface area contributed by atoms with Crippen molar-refractivity contribution in [3.05, 3.63) is 41.6 Å². The predicted molar refractivity (Wildman–Crippen MR) is 86.2 cm³/mol. The van der Waals surface area contributed by atoms with Gasteiger partial charge in [0.2, 0.25) is 0 Å². The summed E-state index contributed by atoms with van der Waals surface area (Å²) < 4.78 is 0. The van der Waals surface area contributed by atoms with Gasteiger partial charge in [-0.3, -0.25) is 4.98 Å². The second-order valence-electron chi connectivity index (χ2n) is 6.20. The molecule has 0 saturated heterocycles. The summed E-state index contributed by atoms with van der Waals surface area (Å²) in [7, 11) is 0. The number of benzene rings is 1. The highest BCUT2D eigenvalue weighted by atomic mass is 16.3. The molecular formula is C17H19N3O. The lowest BCUT2D eigenvalue weighted by molar-refractivity contribution is 0.0813. The van der Waals surface area contributed by atoms with Crippen molar-refractivity contribution in [1.82, 2.24) is 9.97 Å². The number of aromatic nitrogens is 2. The average molecular weight is 281 g/mol. The molecule has 0 spiro atoms. The number of hydrogen-bond donors (Lipinski definition) is 2. The van der Waals surface area contributed by atoms with Crippen LogP contribution < -0.4 is 5.73 Å². The lowest BCUT2D eigenvalue weighted by atomic mass is 9.94. The van der Waals surface area contributed by atoms with E-state index >= 15 is 0 Å². The van der Waals surface area contributed by atoms with Crippen LogP contribution in [-0.4, -0.2) is 20.7 Å². The van der Waals surface area contributed by atoms with Gasteiger partial charge < -0.3 is 10.8 Å². The van der Waals surface area contributed by atoms with E-state index < -0.39 is 5.60 Å². The van der Waals surface area contributed by atoms with Crippen LogP contribution in [0.3, 0.4) is 0 Å². The maximum absolute atomic E-state index is 10.1. The van der Waals surface area contributed by atoms with Crippen LogP contribution in [0.4, 0.5) is 5.82 Å². The first kappa shape index (κ1) is 13.8. The molecular weight excluding hydrogens is 262 g/mol. The minimum atomic E-state index is -0.788. The quantitative estimate of drug-likeness (QED) is 0.708. The molecule has 3 N–H and O–H groups in total. The van der Waals surface area contributed by atoms with Gasteiger partial charge in [-0.2, -0.15) is 0 Å². The Morgan fingerprint density at radius 3 is 2.71 bits per heavy atom. The van der Waals surface area contributed by atoms with E-state index in [0.717, 1.165) is 27.4 Å². The molecule has 0 fully saturated rings. The van der Waals surface area contributed by atoms with Gasteiger partial charge in [0, 0.05) is 23.4 Å². The summed E-state index contributed by atoms with van der Waals surface area (Å²) in [5.41, 5.74) is 9.03. The molecule has 0 aliphatic heterocycles. The number of nitrogens with zero attached hydrogens (tertiary/aromatic N) is 2. The molecule has 3 rings (SSSR count). The average Bonchev–Trinajstić information content (AvgIpc) is 2.37. The van der Waals surface area contributed by atoms with E-state index in [4.69, 9.17) is 5.73 Å². The van der Waals surface area contributed by atoms with Gasteiger partial charge in [0.25, 0.3) is 0 Å². The molecule has 108 valence electrons. The Hall–Kier alpha value is -2.20. The van der Waals surface area contributed by atoms with Crippen molar-refractivity contribution in [2.24, 2.45) is 0 Å². The van der Waals surface area contributed by atoms with E-state index in [1.54, 1.807) is 20.0 Å². The van der Waals surface area contributed by atoms with Crippen LogP contribution in [0.25, 0.3) is 21.8 Å². The summed E-state index contributed by atoms with van der Waals surface area (Å²) in [4.78, 5) is 8.83. The maximum atomic E-state index is 10.1. The van der Waals surface area contributed by atoms with Crippen LogP contribution in [-0.2, 0) is 6.42 Å². The monoisotopic (exact) mass is 281 g/mol. The maximum Gasteiger partial charge on any atom is 0.150 e. The first-order chi connectivity index (χ1) is 9.85. The van der Waals surface area contributed by atoms with Gasteiger partial charge >= 0.3 is 0 Å². The van der Waals surface area contributed by atoms with Gasteiger partial charge in [-0.1, -0.05) is 12.1 Å². The molecule has 0 bridgehead atoms. The Morgan fingerprint density at radius 2 is 2.00 bits per heavy atom. The van der Waals surface area contributed by atoms with Crippen LogP contribution >= 0.6 is 0 Å². The molecule has 1 aromatic carbocycles. The molecule has 0 atom stereocenters. The van der Waals surface area contributed by atoms with E-state index in [2.05, 4.69) is 22.1 Å². The van der Waals surface area contributed by atoms with Crippen LogP contribution in [0.5, 0.6) is 0 Å². The Labute approximate surface area is 123 Å². The number of pyridine rings is 2. The number of aryl methyl sites for hydroxylation is 1. The topological polar surface area (TPSA) is 72.0 Å². The van der Waals surface area contributed by atoms with Gasteiger partial charge in [0.15, 0.2) is 5.82 Å². The van der Waals surface area contributed by atoms with E-state index in [0.29, 0.717) is 17.8 Å². The third kappa shape index (κ3) is 2.54. The molecule has 4 nitrogen and oxygen atoms in total. The Morgan fingerprint density at radius 1 is 1.24 bits per heavy atom. The molecule has 0 radical (unpaired) electrons. The van der Waals surface area contributed by atoms with Crippen LogP contribution in [0.2, 0.25) is 0 Å². The van der Waals surface area contributed by atoms with Gasteiger partial charge in [0.05, 0.1) is 11.1 Å². The third-order valence-electron chi connectivity index (χ3n) is 3.57. The van der Waals surface area contributed by atoms with Crippen LogP contribution in [0.15, 0.2) is 30.5 Å². The van der Waals surface area contributed by atoms with Gasteiger partial charge in [0.1, 0.15) is 5.52 Å². The van der Waals surface area contributed by atoms with Crippen LogP contribution in [0, 0.1) is 6.92 Å². The summed E-state index contributed by atoms with van der Waals surface area (Å²) in [5, 5.41) is 12.2. The molecule has 4 heteroatoms. The zero-order valence-corrected chi connectivity index (χ0v) is 12.5. The number of anilines is 1. The van der Waals surface area contributed by atoms with Crippen molar-refractivity contribution in [1.29, 1.82) is 0 Å².